The highest BCUT2D eigenvalue weighted by molar-refractivity contribution is 7.09. The van der Waals surface area contributed by atoms with Crippen molar-refractivity contribution in [2.45, 2.75) is 6.54 Å². The molecule has 2 N–H and O–H groups in total. The molecule has 2 aromatic heterocycles. The van der Waals surface area contributed by atoms with E-state index in [-0.39, 0.29) is 11.5 Å². The van der Waals surface area contributed by atoms with Crippen LogP contribution in [0.15, 0.2) is 48.1 Å². The van der Waals surface area contributed by atoms with Crippen molar-refractivity contribution < 1.29 is 23.8 Å². The highest BCUT2D eigenvalue weighted by Gasteiger charge is 2.23. The third-order valence-corrected chi connectivity index (χ3v) is 5.14. The zero-order valence-electron chi connectivity index (χ0n) is 15.8. The number of nitrogens with two attached hydrogens (primary N) is 1. The first-order valence-electron chi connectivity index (χ1n) is 9.08. The largest absolute Gasteiger partial charge is 0.486 e. The lowest BCUT2D eigenvalue weighted by Crippen LogP contribution is -2.34. The van der Waals surface area contributed by atoms with Crippen LogP contribution in [0.1, 0.15) is 15.4 Å². The van der Waals surface area contributed by atoms with Crippen molar-refractivity contribution in [2.75, 3.05) is 30.5 Å². The first-order chi connectivity index (χ1) is 14.6. The second-order valence-electron chi connectivity index (χ2n) is 6.25. The second kappa shape index (κ2) is 8.78. The molecule has 0 fully saturated rings. The standard InChI is InChI=1S/C20H18N4O5S/c21-19-18(22-5-6-23-19)20(26)29-12-17(25)24(11-14-2-1-9-30-14)13-3-4-15-16(10-13)28-8-7-27-15/h1-6,9-10H,7-8,11-12H2,(H2,21,23). The van der Waals surface area contributed by atoms with Crippen molar-refractivity contribution in [2.24, 2.45) is 0 Å². The van der Waals surface area contributed by atoms with Gasteiger partial charge in [0.25, 0.3) is 5.91 Å². The van der Waals surface area contributed by atoms with Gasteiger partial charge in [0, 0.05) is 29.0 Å². The molecule has 1 aliphatic rings. The first-order valence-corrected chi connectivity index (χ1v) is 9.96. The Bertz CT molecular complexity index is 1060. The van der Waals surface area contributed by atoms with Gasteiger partial charge in [0.1, 0.15) is 13.2 Å². The van der Waals surface area contributed by atoms with Crippen LogP contribution in [0.5, 0.6) is 11.5 Å². The number of rotatable bonds is 6. The number of nitrogens with zero attached hydrogens (tertiary/aromatic N) is 3. The van der Waals surface area contributed by atoms with Crippen LogP contribution in [-0.2, 0) is 16.1 Å². The fourth-order valence-electron chi connectivity index (χ4n) is 2.86. The Hall–Kier alpha value is -3.66. The van der Waals surface area contributed by atoms with Gasteiger partial charge in [-0.15, -0.1) is 11.3 Å². The monoisotopic (exact) mass is 426 g/mol. The molecule has 4 rings (SSSR count). The highest BCUT2D eigenvalue weighted by Crippen LogP contribution is 2.34. The van der Waals surface area contributed by atoms with E-state index in [9.17, 15) is 9.59 Å². The van der Waals surface area contributed by atoms with E-state index in [2.05, 4.69) is 9.97 Å². The minimum absolute atomic E-state index is 0.0581. The number of anilines is 2. The molecule has 0 aliphatic carbocycles. The molecule has 0 atom stereocenters. The van der Waals surface area contributed by atoms with E-state index in [0.29, 0.717) is 36.9 Å². The summed E-state index contributed by atoms with van der Waals surface area (Å²) >= 11 is 1.52. The van der Waals surface area contributed by atoms with E-state index in [0.717, 1.165) is 4.88 Å². The number of fused-ring (bicyclic) bond motifs is 1. The predicted molar refractivity (Wildman–Crippen MR) is 110 cm³/mol. The maximum absolute atomic E-state index is 13.0. The molecule has 0 spiro atoms. The van der Waals surface area contributed by atoms with Crippen LogP contribution in [-0.4, -0.2) is 41.7 Å². The molecule has 0 unspecified atom stereocenters. The summed E-state index contributed by atoms with van der Waals surface area (Å²) in [6.45, 7) is 0.758. The van der Waals surface area contributed by atoms with Gasteiger partial charge in [0.2, 0.25) is 0 Å². The van der Waals surface area contributed by atoms with Crippen molar-refractivity contribution in [3.63, 3.8) is 0 Å². The van der Waals surface area contributed by atoms with Crippen molar-refractivity contribution >= 4 is 34.7 Å². The molecular weight excluding hydrogens is 408 g/mol. The summed E-state index contributed by atoms with van der Waals surface area (Å²) in [5.41, 5.74) is 6.11. The summed E-state index contributed by atoms with van der Waals surface area (Å²) in [5.74, 6) is -0.0922. The van der Waals surface area contributed by atoms with Crippen LogP contribution in [0.2, 0.25) is 0 Å². The third kappa shape index (κ3) is 4.33. The van der Waals surface area contributed by atoms with E-state index in [1.54, 1.807) is 18.2 Å². The Morgan fingerprint density at radius 2 is 1.93 bits per heavy atom. The number of thiophene rings is 1. The molecule has 1 aliphatic heterocycles. The molecule has 1 aromatic carbocycles. The SMILES string of the molecule is Nc1nccnc1C(=O)OCC(=O)N(Cc1cccs1)c1ccc2c(c1)OCCO2. The van der Waals surface area contributed by atoms with Gasteiger partial charge in [-0.1, -0.05) is 6.07 Å². The Kier molecular flexibility index (Phi) is 5.75. The van der Waals surface area contributed by atoms with Gasteiger partial charge in [-0.3, -0.25) is 4.79 Å². The first kappa shape index (κ1) is 19.6. The van der Waals surface area contributed by atoms with Crippen molar-refractivity contribution in [3.8, 4) is 11.5 Å². The zero-order valence-corrected chi connectivity index (χ0v) is 16.6. The summed E-state index contributed by atoms with van der Waals surface area (Å²) in [7, 11) is 0. The highest BCUT2D eigenvalue weighted by atomic mass is 32.1. The number of esters is 1. The van der Waals surface area contributed by atoms with Gasteiger partial charge in [0.15, 0.2) is 29.6 Å². The zero-order chi connectivity index (χ0) is 20.9. The molecular formula is C20H18N4O5S. The van der Waals surface area contributed by atoms with Gasteiger partial charge < -0.3 is 24.8 Å². The maximum atomic E-state index is 13.0. The molecule has 10 heteroatoms. The molecule has 0 saturated carbocycles. The van der Waals surface area contributed by atoms with E-state index >= 15 is 0 Å². The van der Waals surface area contributed by atoms with E-state index in [1.165, 1.54) is 28.6 Å². The summed E-state index contributed by atoms with van der Waals surface area (Å²) < 4.78 is 16.3. The van der Waals surface area contributed by atoms with Gasteiger partial charge in [-0.05, 0) is 23.6 Å². The van der Waals surface area contributed by atoms with Crippen molar-refractivity contribution in [1.82, 2.24) is 9.97 Å². The fourth-order valence-corrected chi connectivity index (χ4v) is 3.55. The molecule has 0 radical (unpaired) electrons. The summed E-state index contributed by atoms with van der Waals surface area (Å²) in [4.78, 5) is 35.3. The fraction of sp³-hybridized carbons (Fsp3) is 0.200. The number of carbonyl (C=O) groups is 2. The van der Waals surface area contributed by atoms with Crippen molar-refractivity contribution in [1.29, 1.82) is 0 Å². The topological polar surface area (TPSA) is 117 Å². The number of carbonyl (C=O) groups excluding carboxylic acids is 2. The average molecular weight is 426 g/mol. The van der Waals surface area contributed by atoms with Gasteiger partial charge >= 0.3 is 5.97 Å². The lowest BCUT2D eigenvalue weighted by Gasteiger charge is -2.25. The Morgan fingerprint density at radius 1 is 1.13 bits per heavy atom. The van der Waals surface area contributed by atoms with E-state index < -0.39 is 18.5 Å². The molecule has 1 amide bonds. The molecule has 0 bridgehead atoms. The summed E-state index contributed by atoms with van der Waals surface area (Å²) in [6.07, 6.45) is 2.69. The average Bonchev–Trinajstić information content (AvgIpc) is 3.29. The van der Waals surface area contributed by atoms with Crippen LogP contribution >= 0.6 is 11.3 Å². The van der Waals surface area contributed by atoms with Crippen LogP contribution < -0.4 is 20.1 Å². The van der Waals surface area contributed by atoms with Crippen LogP contribution in [0.25, 0.3) is 0 Å². The number of amides is 1. The van der Waals surface area contributed by atoms with Crippen LogP contribution in [0.3, 0.4) is 0 Å². The minimum atomic E-state index is -0.813. The summed E-state index contributed by atoms with van der Waals surface area (Å²) in [5, 5.41) is 1.93. The number of nitrogen functional groups attached to an aromatic ring is 1. The predicted octanol–water partition coefficient (Wildman–Crippen LogP) is 2.28. The van der Waals surface area contributed by atoms with Crippen molar-refractivity contribution in [3.05, 3.63) is 58.7 Å². The van der Waals surface area contributed by atoms with Gasteiger partial charge in [0.05, 0.1) is 6.54 Å². The molecule has 30 heavy (non-hydrogen) atoms. The smallest absolute Gasteiger partial charge is 0.361 e. The van der Waals surface area contributed by atoms with Gasteiger partial charge in [-0.25, -0.2) is 14.8 Å². The van der Waals surface area contributed by atoms with E-state index in [4.69, 9.17) is 19.9 Å². The lowest BCUT2D eigenvalue weighted by molar-refractivity contribution is -0.121. The Balaban J connectivity index is 1.53. The quantitative estimate of drug-likeness (QED) is 0.597. The number of hydrogen-bond acceptors (Lipinski definition) is 9. The molecule has 9 nitrogen and oxygen atoms in total. The number of aromatic nitrogens is 2. The normalized spacial score (nSPS) is 12.3. The lowest BCUT2D eigenvalue weighted by atomic mass is 10.2. The molecule has 3 aromatic rings. The second-order valence-corrected chi connectivity index (χ2v) is 7.29. The van der Waals surface area contributed by atoms with Gasteiger partial charge in [-0.2, -0.15) is 0 Å². The Labute approximate surface area is 176 Å². The third-order valence-electron chi connectivity index (χ3n) is 4.28. The van der Waals surface area contributed by atoms with E-state index in [1.807, 2.05) is 17.5 Å². The summed E-state index contributed by atoms with van der Waals surface area (Å²) in [6, 6.07) is 9.09. The molecule has 0 saturated heterocycles. The maximum Gasteiger partial charge on any atom is 0.361 e. The van der Waals surface area contributed by atoms with Crippen LogP contribution in [0, 0.1) is 0 Å². The molecule has 3 heterocycles. The number of ether oxygens (including phenoxy) is 3. The van der Waals surface area contributed by atoms with Crippen LogP contribution in [0.4, 0.5) is 11.5 Å². The Morgan fingerprint density at radius 3 is 2.70 bits per heavy atom. The number of benzene rings is 1. The number of hydrogen-bond donors (Lipinski definition) is 1. The minimum Gasteiger partial charge on any atom is -0.486 e. The molecule has 154 valence electrons.